The number of aromatic nitrogens is 1. The van der Waals surface area contributed by atoms with E-state index in [-0.39, 0.29) is 0 Å². The molecule has 14 heavy (non-hydrogen) atoms. The first-order chi connectivity index (χ1) is 6.95. The van der Waals surface area contributed by atoms with Crippen LogP contribution in [0.15, 0.2) is 41.2 Å². The Morgan fingerprint density at radius 1 is 1.14 bits per heavy atom. The molecule has 68 valence electrons. The van der Waals surface area contributed by atoms with Gasteiger partial charge in [-0.2, -0.15) is 0 Å². The summed E-state index contributed by atoms with van der Waals surface area (Å²) in [6, 6.07) is 8.08. The van der Waals surface area contributed by atoms with Gasteiger partial charge in [-0.05, 0) is 6.07 Å². The molecule has 1 aromatic heterocycles. The predicted molar refractivity (Wildman–Crippen MR) is 54.6 cm³/mol. The van der Waals surface area contributed by atoms with Crippen LogP contribution in [0.3, 0.4) is 0 Å². The predicted octanol–water partition coefficient (Wildman–Crippen LogP) is 2.74. The van der Waals surface area contributed by atoms with Crippen LogP contribution in [-0.2, 0) is 0 Å². The van der Waals surface area contributed by atoms with E-state index in [1.54, 1.807) is 6.20 Å². The highest BCUT2D eigenvalue weighted by Gasteiger charge is 2.13. The molecule has 0 spiro atoms. The number of hydrogen-bond donors (Lipinski definition) is 1. The van der Waals surface area contributed by atoms with E-state index >= 15 is 0 Å². The standard InChI is InChI=1S/C11H8N2O/c1-2-4-10-8(3-1)9-7-13-14-11(9)5-6-12-10/h1-7,12H. The number of rotatable bonds is 0. The van der Waals surface area contributed by atoms with Gasteiger partial charge in [0, 0.05) is 23.5 Å². The summed E-state index contributed by atoms with van der Waals surface area (Å²) in [6.07, 6.45) is 5.48. The Kier molecular flexibility index (Phi) is 1.44. The molecule has 1 N–H and O–H groups in total. The molecule has 2 heterocycles. The average molecular weight is 184 g/mol. The number of benzene rings is 1. The summed E-state index contributed by atoms with van der Waals surface area (Å²) in [4.78, 5) is 0. The van der Waals surface area contributed by atoms with E-state index in [2.05, 4.69) is 10.5 Å². The highest BCUT2D eigenvalue weighted by Crippen LogP contribution is 2.33. The summed E-state index contributed by atoms with van der Waals surface area (Å²) in [5.74, 6) is 0.794. The second-order valence-electron chi connectivity index (χ2n) is 3.13. The molecule has 0 fully saturated rings. The highest BCUT2D eigenvalue weighted by atomic mass is 16.5. The second-order valence-corrected chi connectivity index (χ2v) is 3.13. The van der Waals surface area contributed by atoms with Gasteiger partial charge in [0.25, 0.3) is 0 Å². The molecule has 3 nitrogen and oxygen atoms in total. The van der Waals surface area contributed by atoms with Crippen LogP contribution in [0.2, 0.25) is 0 Å². The fraction of sp³-hybridized carbons (Fsp3) is 0. The van der Waals surface area contributed by atoms with Crippen LogP contribution in [0.1, 0.15) is 5.76 Å². The Labute approximate surface area is 81.0 Å². The molecule has 0 radical (unpaired) electrons. The molecule has 0 saturated heterocycles. The van der Waals surface area contributed by atoms with Crippen molar-refractivity contribution in [3.05, 3.63) is 42.4 Å². The second kappa shape index (κ2) is 2.73. The van der Waals surface area contributed by atoms with Crippen LogP contribution in [-0.4, -0.2) is 5.16 Å². The molecule has 0 atom stereocenters. The molecule has 3 rings (SSSR count). The van der Waals surface area contributed by atoms with Crippen LogP contribution in [0.25, 0.3) is 17.2 Å². The maximum Gasteiger partial charge on any atom is 0.168 e. The van der Waals surface area contributed by atoms with E-state index in [0.29, 0.717) is 0 Å². The number of para-hydroxylation sites is 1. The van der Waals surface area contributed by atoms with Gasteiger partial charge in [0.05, 0.1) is 11.8 Å². The van der Waals surface area contributed by atoms with Gasteiger partial charge in [-0.3, -0.25) is 0 Å². The van der Waals surface area contributed by atoms with Crippen molar-refractivity contribution in [3.8, 4) is 11.1 Å². The Balaban J connectivity index is 2.33. The van der Waals surface area contributed by atoms with Gasteiger partial charge >= 0.3 is 0 Å². The van der Waals surface area contributed by atoms with Crippen molar-refractivity contribution < 1.29 is 4.52 Å². The largest absolute Gasteiger partial charge is 0.361 e. The van der Waals surface area contributed by atoms with Gasteiger partial charge in [-0.25, -0.2) is 0 Å². The maximum absolute atomic E-state index is 5.12. The monoisotopic (exact) mass is 184 g/mol. The third-order valence-electron chi connectivity index (χ3n) is 2.29. The Bertz CT molecular complexity index is 499. The van der Waals surface area contributed by atoms with Crippen molar-refractivity contribution in [2.45, 2.75) is 0 Å². The van der Waals surface area contributed by atoms with E-state index in [4.69, 9.17) is 4.52 Å². The zero-order chi connectivity index (χ0) is 9.38. The molecule has 1 aliphatic heterocycles. The summed E-state index contributed by atoms with van der Waals surface area (Å²) in [6.45, 7) is 0. The molecule has 0 unspecified atom stereocenters. The van der Waals surface area contributed by atoms with Crippen LogP contribution in [0.4, 0.5) is 5.69 Å². The minimum absolute atomic E-state index is 0.794. The van der Waals surface area contributed by atoms with Crippen LogP contribution >= 0.6 is 0 Å². The van der Waals surface area contributed by atoms with Gasteiger partial charge in [0.2, 0.25) is 0 Å². The van der Waals surface area contributed by atoms with E-state index in [1.165, 1.54) is 0 Å². The Morgan fingerprint density at radius 3 is 3.07 bits per heavy atom. The van der Waals surface area contributed by atoms with Crippen molar-refractivity contribution in [2.24, 2.45) is 0 Å². The summed E-state index contributed by atoms with van der Waals surface area (Å²) in [5, 5.41) is 6.98. The molecule has 1 aromatic carbocycles. The third-order valence-corrected chi connectivity index (χ3v) is 2.29. The molecular formula is C11H8N2O. The lowest BCUT2D eigenvalue weighted by Gasteiger charge is -2.04. The van der Waals surface area contributed by atoms with Crippen LogP contribution in [0.5, 0.6) is 0 Å². The molecule has 1 aliphatic rings. The minimum Gasteiger partial charge on any atom is -0.361 e. The molecule has 0 saturated carbocycles. The number of nitrogens with zero attached hydrogens (tertiary/aromatic N) is 1. The van der Waals surface area contributed by atoms with Crippen molar-refractivity contribution in [1.29, 1.82) is 0 Å². The fourth-order valence-corrected chi connectivity index (χ4v) is 1.62. The van der Waals surface area contributed by atoms with Crippen molar-refractivity contribution in [2.75, 3.05) is 5.32 Å². The average Bonchev–Trinajstić information content (AvgIpc) is 2.61. The summed E-state index contributed by atoms with van der Waals surface area (Å²) in [5.41, 5.74) is 3.22. The number of hydrogen-bond acceptors (Lipinski definition) is 3. The smallest absolute Gasteiger partial charge is 0.168 e. The fourth-order valence-electron chi connectivity index (χ4n) is 1.62. The number of fused-ring (bicyclic) bond motifs is 3. The first kappa shape index (κ1) is 7.38. The van der Waals surface area contributed by atoms with Gasteiger partial charge in [-0.15, -0.1) is 0 Å². The first-order valence-corrected chi connectivity index (χ1v) is 4.42. The number of nitrogens with one attached hydrogen (secondary N) is 1. The van der Waals surface area contributed by atoms with E-state index in [9.17, 15) is 0 Å². The van der Waals surface area contributed by atoms with Crippen LogP contribution in [0, 0.1) is 0 Å². The first-order valence-electron chi connectivity index (χ1n) is 4.42. The quantitative estimate of drug-likeness (QED) is 0.684. The molecule has 0 bridgehead atoms. The normalized spacial score (nSPS) is 12.6. The third kappa shape index (κ3) is 0.956. The number of anilines is 1. The van der Waals surface area contributed by atoms with E-state index in [0.717, 1.165) is 22.6 Å². The van der Waals surface area contributed by atoms with Crippen molar-refractivity contribution in [1.82, 2.24) is 5.16 Å². The molecule has 0 amide bonds. The molecule has 0 aliphatic carbocycles. The zero-order valence-electron chi connectivity index (χ0n) is 7.40. The maximum atomic E-state index is 5.12. The Hall–Kier alpha value is -2.03. The SMILES string of the molecule is C1=Cc2oncc2-c2ccccc2N1. The van der Waals surface area contributed by atoms with Crippen molar-refractivity contribution in [3.63, 3.8) is 0 Å². The summed E-state index contributed by atoms with van der Waals surface area (Å²) >= 11 is 0. The van der Waals surface area contributed by atoms with E-state index < -0.39 is 0 Å². The van der Waals surface area contributed by atoms with E-state index in [1.807, 2.05) is 36.5 Å². The summed E-state index contributed by atoms with van der Waals surface area (Å²) in [7, 11) is 0. The molecular weight excluding hydrogens is 176 g/mol. The van der Waals surface area contributed by atoms with Gasteiger partial charge in [0.15, 0.2) is 5.76 Å². The van der Waals surface area contributed by atoms with Gasteiger partial charge < -0.3 is 9.84 Å². The lowest BCUT2D eigenvalue weighted by atomic mass is 10.1. The van der Waals surface area contributed by atoms with Gasteiger partial charge in [0.1, 0.15) is 0 Å². The topological polar surface area (TPSA) is 38.1 Å². The minimum atomic E-state index is 0.794. The van der Waals surface area contributed by atoms with Crippen LogP contribution < -0.4 is 5.32 Å². The summed E-state index contributed by atoms with van der Waals surface area (Å²) < 4.78 is 5.12. The lowest BCUT2D eigenvalue weighted by molar-refractivity contribution is 0.413. The zero-order valence-corrected chi connectivity index (χ0v) is 7.40. The van der Waals surface area contributed by atoms with Gasteiger partial charge in [-0.1, -0.05) is 23.4 Å². The highest BCUT2D eigenvalue weighted by molar-refractivity contribution is 5.84. The van der Waals surface area contributed by atoms with Crippen molar-refractivity contribution >= 4 is 11.8 Å². The lowest BCUT2D eigenvalue weighted by Crippen LogP contribution is -1.87. The Morgan fingerprint density at radius 2 is 2.07 bits per heavy atom. The molecule has 2 aromatic rings. The molecule has 3 heteroatoms.